The third-order valence-electron chi connectivity index (χ3n) is 5.52. The maximum atomic E-state index is 15.0. The molecule has 4 heterocycles. The predicted octanol–water partition coefficient (Wildman–Crippen LogP) is 5.16. The van der Waals surface area contributed by atoms with Gasteiger partial charge in [-0.1, -0.05) is 0 Å². The second-order valence-corrected chi connectivity index (χ2v) is 8.07. The first-order chi connectivity index (χ1) is 14.1. The zero-order valence-electron chi connectivity index (χ0n) is 15.7. The number of pyridine rings is 1. The molecule has 0 bridgehead atoms. The van der Waals surface area contributed by atoms with E-state index in [-0.39, 0.29) is 12.0 Å². The van der Waals surface area contributed by atoms with Crippen molar-refractivity contribution in [1.29, 1.82) is 5.26 Å². The molecule has 1 aliphatic rings. The molecule has 0 radical (unpaired) electrons. The van der Waals surface area contributed by atoms with E-state index in [2.05, 4.69) is 32.1 Å². The molecule has 8 heteroatoms. The van der Waals surface area contributed by atoms with Gasteiger partial charge in [-0.2, -0.15) is 10.4 Å². The summed E-state index contributed by atoms with van der Waals surface area (Å²) in [4.78, 5) is 4.18. The molecule has 3 aromatic heterocycles. The van der Waals surface area contributed by atoms with Crippen LogP contribution in [0.1, 0.15) is 36.6 Å². The minimum atomic E-state index is -0.324. The van der Waals surface area contributed by atoms with Crippen LogP contribution in [0.5, 0.6) is 0 Å². The van der Waals surface area contributed by atoms with Gasteiger partial charge >= 0.3 is 0 Å². The maximum absolute atomic E-state index is 15.0. The van der Waals surface area contributed by atoms with Crippen LogP contribution in [0.2, 0.25) is 0 Å². The normalized spacial score (nSPS) is 17.1. The summed E-state index contributed by atoms with van der Waals surface area (Å²) in [6.07, 6.45) is 9.55. The van der Waals surface area contributed by atoms with E-state index in [1.54, 1.807) is 36.4 Å². The van der Waals surface area contributed by atoms with Gasteiger partial charge in [0.15, 0.2) is 6.23 Å². The largest absolute Gasteiger partial charge is 0.356 e. The smallest absolute Gasteiger partial charge is 0.150 e. The second-order valence-electron chi connectivity index (χ2n) is 7.22. The van der Waals surface area contributed by atoms with E-state index in [0.29, 0.717) is 34.3 Å². The van der Waals surface area contributed by atoms with Gasteiger partial charge in [-0.3, -0.25) is 4.98 Å². The van der Waals surface area contributed by atoms with Crippen LogP contribution in [0.15, 0.2) is 35.3 Å². The van der Waals surface area contributed by atoms with Gasteiger partial charge in [0, 0.05) is 47.6 Å². The molecule has 29 heavy (non-hydrogen) atoms. The Balaban J connectivity index is 1.83. The van der Waals surface area contributed by atoms with Gasteiger partial charge in [-0.05, 0) is 42.1 Å². The van der Waals surface area contributed by atoms with Crippen LogP contribution in [-0.2, 0) is 4.74 Å². The highest BCUT2D eigenvalue weighted by Gasteiger charge is 2.24. The highest BCUT2D eigenvalue weighted by Crippen LogP contribution is 2.36. The number of ether oxygens (including phenoxy) is 1. The summed E-state index contributed by atoms with van der Waals surface area (Å²) in [7, 11) is 0. The molecule has 0 saturated carbocycles. The minimum absolute atomic E-state index is 0.191. The van der Waals surface area contributed by atoms with E-state index in [9.17, 15) is 5.26 Å². The summed E-state index contributed by atoms with van der Waals surface area (Å²) in [5, 5.41) is 15.6. The Hall–Kier alpha value is -2.76. The van der Waals surface area contributed by atoms with E-state index in [4.69, 9.17) is 4.74 Å². The first-order valence-electron chi connectivity index (χ1n) is 9.43. The van der Waals surface area contributed by atoms with Crippen molar-refractivity contribution < 1.29 is 9.13 Å². The summed E-state index contributed by atoms with van der Waals surface area (Å²) in [6, 6.07) is 3.73. The molecule has 1 aromatic carbocycles. The number of rotatable bonds is 2. The highest BCUT2D eigenvalue weighted by atomic mass is 79.9. The molecule has 6 nitrogen and oxygen atoms in total. The molecular formula is C21H17BrFN5O. The predicted molar refractivity (Wildman–Crippen MR) is 110 cm³/mol. The van der Waals surface area contributed by atoms with Crippen molar-refractivity contribution in [3.05, 3.63) is 52.3 Å². The first-order valence-corrected chi connectivity index (χ1v) is 10.2. The fourth-order valence-corrected chi connectivity index (χ4v) is 4.62. The molecule has 0 N–H and O–H groups in total. The van der Waals surface area contributed by atoms with Crippen LogP contribution < -0.4 is 0 Å². The number of hydrogen-bond acceptors (Lipinski definition) is 4. The monoisotopic (exact) mass is 453 g/mol. The summed E-state index contributed by atoms with van der Waals surface area (Å²) in [6.45, 7) is 2.42. The van der Waals surface area contributed by atoms with Gasteiger partial charge in [0.25, 0.3) is 0 Å². The number of aromatic nitrogens is 4. The lowest BCUT2D eigenvalue weighted by Crippen LogP contribution is -2.19. The standard InChI is InChI=1S/C21H17BrFN5O/c1-12-17(23)6-18-15(9-26-28(18)19-4-2-3-5-29-19)20(12)27-11-13(7-24)14-8-25-10-16(22)21(14)27/h6,8-11,19H,2-5H2,1H3. The van der Waals surface area contributed by atoms with Crippen molar-refractivity contribution in [2.24, 2.45) is 0 Å². The highest BCUT2D eigenvalue weighted by molar-refractivity contribution is 9.10. The molecule has 146 valence electrons. The Kier molecular flexibility index (Phi) is 4.37. The van der Waals surface area contributed by atoms with Crippen LogP contribution in [0.25, 0.3) is 27.5 Å². The summed E-state index contributed by atoms with van der Waals surface area (Å²) >= 11 is 3.54. The van der Waals surface area contributed by atoms with Crippen molar-refractivity contribution >= 4 is 37.7 Å². The molecule has 1 atom stereocenters. The van der Waals surface area contributed by atoms with Gasteiger partial charge in [-0.15, -0.1) is 0 Å². The molecule has 0 spiro atoms. The maximum Gasteiger partial charge on any atom is 0.150 e. The van der Waals surface area contributed by atoms with Crippen LogP contribution in [0.4, 0.5) is 4.39 Å². The van der Waals surface area contributed by atoms with Crippen LogP contribution in [-0.4, -0.2) is 25.9 Å². The van der Waals surface area contributed by atoms with Crippen LogP contribution in [0, 0.1) is 24.1 Å². The number of halogens is 2. The van der Waals surface area contributed by atoms with E-state index < -0.39 is 0 Å². The Bertz CT molecular complexity index is 1300. The number of hydrogen-bond donors (Lipinski definition) is 0. The molecule has 1 saturated heterocycles. The quantitative estimate of drug-likeness (QED) is 0.420. The molecule has 4 aromatic rings. The van der Waals surface area contributed by atoms with E-state index in [1.807, 2.05) is 4.57 Å². The fraction of sp³-hybridized carbons (Fsp3) is 0.286. The van der Waals surface area contributed by atoms with Gasteiger partial charge in [0.05, 0.1) is 33.0 Å². The SMILES string of the molecule is Cc1c(F)cc2c(cnn2C2CCCCO2)c1-n1cc(C#N)c2cncc(Br)c21. The van der Waals surface area contributed by atoms with Gasteiger partial charge in [-0.25, -0.2) is 9.07 Å². The topological polar surface area (TPSA) is 68.7 Å². The average molecular weight is 454 g/mol. The molecule has 1 unspecified atom stereocenters. The van der Waals surface area contributed by atoms with Crippen molar-refractivity contribution in [2.75, 3.05) is 6.61 Å². The molecule has 0 amide bonds. The Labute approximate surface area is 174 Å². The summed E-state index contributed by atoms with van der Waals surface area (Å²) in [5.74, 6) is -0.324. The van der Waals surface area contributed by atoms with Gasteiger partial charge in [0.2, 0.25) is 0 Å². The first kappa shape index (κ1) is 18.3. The molecular weight excluding hydrogens is 437 g/mol. The molecule has 5 rings (SSSR count). The van der Waals surface area contributed by atoms with E-state index in [1.165, 1.54) is 6.07 Å². The molecule has 0 aliphatic carbocycles. The lowest BCUT2D eigenvalue weighted by Gasteiger charge is -2.23. The lowest BCUT2D eigenvalue weighted by atomic mass is 10.1. The summed E-state index contributed by atoms with van der Waals surface area (Å²) in [5.41, 5.74) is 3.09. The second kappa shape index (κ2) is 6.94. The van der Waals surface area contributed by atoms with Crippen LogP contribution >= 0.6 is 15.9 Å². The third kappa shape index (κ3) is 2.76. The van der Waals surface area contributed by atoms with Gasteiger partial charge in [0.1, 0.15) is 11.9 Å². The number of nitriles is 1. The molecule has 1 fully saturated rings. The molecule has 1 aliphatic heterocycles. The lowest BCUT2D eigenvalue weighted by molar-refractivity contribution is -0.0366. The third-order valence-corrected chi connectivity index (χ3v) is 6.10. The fourth-order valence-electron chi connectivity index (χ4n) is 4.10. The Morgan fingerprint density at radius 3 is 2.90 bits per heavy atom. The van der Waals surface area contributed by atoms with Gasteiger partial charge < -0.3 is 9.30 Å². The number of fused-ring (bicyclic) bond motifs is 2. The minimum Gasteiger partial charge on any atom is -0.356 e. The van der Waals surface area contributed by atoms with Crippen molar-refractivity contribution in [3.63, 3.8) is 0 Å². The Morgan fingerprint density at radius 2 is 2.14 bits per heavy atom. The summed E-state index contributed by atoms with van der Waals surface area (Å²) < 4.78 is 25.3. The van der Waals surface area contributed by atoms with Crippen molar-refractivity contribution in [1.82, 2.24) is 19.3 Å². The van der Waals surface area contributed by atoms with E-state index in [0.717, 1.165) is 34.6 Å². The number of nitrogens with zero attached hydrogens (tertiary/aromatic N) is 5. The van der Waals surface area contributed by atoms with Crippen molar-refractivity contribution in [3.8, 4) is 11.8 Å². The van der Waals surface area contributed by atoms with Crippen molar-refractivity contribution in [2.45, 2.75) is 32.4 Å². The van der Waals surface area contributed by atoms with Crippen LogP contribution in [0.3, 0.4) is 0 Å². The zero-order chi connectivity index (χ0) is 20.1. The Morgan fingerprint density at radius 1 is 1.28 bits per heavy atom. The zero-order valence-corrected chi connectivity index (χ0v) is 17.3. The number of benzene rings is 1. The average Bonchev–Trinajstić information content (AvgIpc) is 3.32. The van der Waals surface area contributed by atoms with E-state index >= 15 is 4.39 Å².